The summed E-state index contributed by atoms with van der Waals surface area (Å²) in [5.74, 6) is 1.35. The third-order valence-electron chi connectivity index (χ3n) is 11.7. The van der Waals surface area contributed by atoms with Gasteiger partial charge in [0, 0.05) is 6.54 Å². The quantitative estimate of drug-likeness (QED) is 0.359. The van der Waals surface area contributed by atoms with E-state index in [-0.39, 0.29) is 41.1 Å². The van der Waals surface area contributed by atoms with Gasteiger partial charge in [0.25, 0.3) is 0 Å². The molecule has 0 aromatic carbocycles. The minimum Gasteiger partial charge on any atom is -0.481 e. The lowest BCUT2D eigenvalue weighted by Crippen LogP contribution is -2.62. The molecule has 4 fully saturated rings. The topological polar surface area (TPSA) is 124 Å². The molecule has 0 spiro atoms. The Kier molecular flexibility index (Phi) is 8.23. The van der Waals surface area contributed by atoms with Crippen molar-refractivity contribution in [3.05, 3.63) is 0 Å². The zero-order valence-corrected chi connectivity index (χ0v) is 23.5. The van der Waals surface area contributed by atoms with Gasteiger partial charge in [0.05, 0.1) is 24.4 Å². The number of carbonyl (C=O) groups is 1. The van der Waals surface area contributed by atoms with E-state index in [9.17, 15) is 23.4 Å². The maximum Gasteiger partial charge on any atom is 0.304 e. The van der Waals surface area contributed by atoms with Crippen LogP contribution in [0.4, 0.5) is 0 Å². The van der Waals surface area contributed by atoms with E-state index in [1.54, 1.807) is 0 Å². The lowest BCUT2D eigenvalue weighted by Gasteiger charge is -2.64. The van der Waals surface area contributed by atoms with E-state index in [1.807, 2.05) is 0 Å². The predicted octanol–water partition coefficient (Wildman–Crippen LogP) is 4.03. The van der Waals surface area contributed by atoms with Crippen LogP contribution in [-0.2, 0) is 14.8 Å². The van der Waals surface area contributed by atoms with Crippen molar-refractivity contribution in [1.82, 2.24) is 4.72 Å². The van der Waals surface area contributed by atoms with Gasteiger partial charge in [-0.2, -0.15) is 0 Å². The molecule has 0 saturated heterocycles. The first-order valence-corrected chi connectivity index (χ1v) is 16.0. The number of aliphatic carboxylic acids is 1. The maximum absolute atomic E-state index is 12.1. The second kappa shape index (κ2) is 10.5. The molecular formula is C28H49NO6S. The zero-order chi connectivity index (χ0) is 26.5. The Morgan fingerprint density at radius 2 is 1.69 bits per heavy atom. The van der Waals surface area contributed by atoms with Gasteiger partial charge in [0.15, 0.2) is 0 Å². The van der Waals surface area contributed by atoms with Crippen LogP contribution in [0.3, 0.4) is 0 Å². The van der Waals surface area contributed by atoms with Crippen molar-refractivity contribution >= 4 is 16.0 Å². The van der Waals surface area contributed by atoms with E-state index >= 15 is 0 Å². The number of carboxylic acid groups (broad SMARTS) is 1. The molecule has 7 nitrogen and oxygen atoms in total. The van der Waals surface area contributed by atoms with Crippen LogP contribution in [0.15, 0.2) is 0 Å². The molecular weight excluding hydrogens is 478 g/mol. The van der Waals surface area contributed by atoms with Crippen LogP contribution in [0.5, 0.6) is 0 Å². The average Bonchev–Trinajstić information content (AvgIpc) is 3.16. The molecule has 0 radical (unpaired) electrons. The second-order valence-corrected chi connectivity index (χ2v) is 15.2. The van der Waals surface area contributed by atoms with E-state index in [2.05, 4.69) is 32.4 Å². The highest BCUT2D eigenvalue weighted by atomic mass is 32.2. The third kappa shape index (κ3) is 5.01. The Labute approximate surface area is 217 Å². The summed E-state index contributed by atoms with van der Waals surface area (Å²) in [6, 6.07) is 0. The molecule has 0 heterocycles. The highest BCUT2D eigenvalue weighted by molar-refractivity contribution is 7.89. The van der Waals surface area contributed by atoms with Gasteiger partial charge >= 0.3 is 5.97 Å². The van der Waals surface area contributed by atoms with Crippen molar-refractivity contribution in [2.45, 2.75) is 104 Å². The number of nitrogens with one attached hydrogen (secondary N) is 1. The fourth-order valence-electron chi connectivity index (χ4n) is 9.87. The molecule has 0 aromatic rings. The summed E-state index contributed by atoms with van der Waals surface area (Å²) in [4.78, 5) is 10.7. The number of fused-ring (bicyclic) bond motifs is 5. The molecule has 4 aliphatic rings. The summed E-state index contributed by atoms with van der Waals surface area (Å²) in [6.45, 7) is 9.68. The zero-order valence-electron chi connectivity index (χ0n) is 22.7. The first-order chi connectivity index (χ1) is 16.8. The Morgan fingerprint density at radius 3 is 2.36 bits per heavy atom. The van der Waals surface area contributed by atoms with E-state index in [4.69, 9.17) is 5.11 Å². The smallest absolute Gasteiger partial charge is 0.304 e. The molecule has 4 aliphatic carbocycles. The van der Waals surface area contributed by atoms with Gasteiger partial charge < -0.3 is 15.3 Å². The third-order valence-corrected chi connectivity index (χ3v) is 13.0. The lowest BCUT2D eigenvalue weighted by atomic mass is 9.41. The van der Waals surface area contributed by atoms with E-state index < -0.39 is 16.0 Å². The molecule has 0 aromatic heterocycles. The molecule has 208 valence electrons. The summed E-state index contributed by atoms with van der Waals surface area (Å²) in [5, 5.41) is 31.1. The standard InChI is InChI=1S/C28H49NO6S/c1-5-19-23-16-18(30)8-12-28(23,4)22-9-13-27(3)20(6-7-21(27)25(22)26(19)33)17(2)10-14-29-36(34,35)15-11-24(31)32/h17-23,25-26,29-30,33H,5-16H2,1-4H3,(H,31,32)/t17-,18-,19-,20-,21+,22+,23?,25-,26-,27?,28?/m1/s1. The summed E-state index contributed by atoms with van der Waals surface area (Å²) in [5.41, 5.74) is 0.350. The van der Waals surface area contributed by atoms with Crippen LogP contribution in [0, 0.1) is 52.3 Å². The number of sulfonamides is 1. The minimum absolute atomic E-state index is 0.152. The fraction of sp³-hybridized carbons (Fsp3) is 0.964. The highest BCUT2D eigenvalue weighted by Gasteiger charge is 2.64. The van der Waals surface area contributed by atoms with Crippen LogP contribution in [0.25, 0.3) is 0 Å². The van der Waals surface area contributed by atoms with Crippen LogP contribution in [0.1, 0.15) is 91.9 Å². The summed E-state index contributed by atoms with van der Waals surface area (Å²) in [7, 11) is -3.57. The molecule has 0 bridgehead atoms. The van der Waals surface area contributed by atoms with Crippen molar-refractivity contribution in [2.75, 3.05) is 12.3 Å². The van der Waals surface area contributed by atoms with Crippen molar-refractivity contribution in [3.8, 4) is 0 Å². The number of hydrogen-bond donors (Lipinski definition) is 4. The fourth-order valence-corrected chi connectivity index (χ4v) is 10.9. The first kappa shape index (κ1) is 28.3. The maximum atomic E-state index is 12.1. The number of aliphatic hydroxyl groups excluding tert-OH is 2. The highest BCUT2D eigenvalue weighted by Crippen LogP contribution is 2.69. The molecule has 36 heavy (non-hydrogen) atoms. The van der Waals surface area contributed by atoms with Crippen LogP contribution in [-0.4, -0.2) is 54.2 Å². The van der Waals surface area contributed by atoms with E-state index in [0.717, 1.165) is 57.8 Å². The van der Waals surface area contributed by atoms with Gasteiger partial charge in [-0.25, -0.2) is 13.1 Å². The van der Waals surface area contributed by atoms with Gasteiger partial charge in [0.2, 0.25) is 10.0 Å². The largest absolute Gasteiger partial charge is 0.481 e. The Bertz CT molecular complexity index is 910. The second-order valence-electron chi connectivity index (χ2n) is 13.2. The van der Waals surface area contributed by atoms with Crippen molar-refractivity contribution in [1.29, 1.82) is 0 Å². The molecule has 4 rings (SSSR count). The summed E-state index contributed by atoms with van der Waals surface area (Å²) in [6.07, 6.45) is 8.12. The Morgan fingerprint density at radius 1 is 1.03 bits per heavy atom. The number of rotatable bonds is 9. The number of carboxylic acids is 1. The number of aliphatic hydroxyl groups is 2. The first-order valence-electron chi connectivity index (χ1n) is 14.4. The van der Waals surface area contributed by atoms with E-state index in [1.165, 1.54) is 0 Å². The normalized spacial score (nSPS) is 45.4. The molecule has 3 unspecified atom stereocenters. The molecule has 8 heteroatoms. The Hall–Kier alpha value is -0.700. The molecule has 4 N–H and O–H groups in total. The average molecular weight is 528 g/mol. The lowest BCUT2D eigenvalue weighted by molar-refractivity contribution is -0.203. The molecule has 0 aliphatic heterocycles. The van der Waals surface area contributed by atoms with Gasteiger partial charge in [0.1, 0.15) is 0 Å². The van der Waals surface area contributed by atoms with Gasteiger partial charge in [-0.05, 0) is 104 Å². The monoisotopic (exact) mass is 527 g/mol. The van der Waals surface area contributed by atoms with Gasteiger partial charge in [-0.15, -0.1) is 0 Å². The van der Waals surface area contributed by atoms with Crippen molar-refractivity contribution in [3.63, 3.8) is 0 Å². The van der Waals surface area contributed by atoms with Crippen LogP contribution >= 0.6 is 0 Å². The minimum atomic E-state index is -3.57. The van der Waals surface area contributed by atoms with Crippen molar-refractivity contribution < 1.29 is 28.5 Å². The van der Waals surface area contributed by atoms with Gasteiger partial charge in [-0.3, -0.25) is 4.79 Å². The summed E-state index contributed by atoms with van der Waals surface area (Å²) < 4.78 is 26.9. The molecule has 4 saturated carbocycles. The van der Waals surface area contributed by atoms with Crippen LogP contribution < -0.4 is 4.72 Å². The molecule has 11 atom stereocenters. The molecule has 0 amide bonds. The summed E-state index contributed by atoms with van der Waals surface area (Å²) >= 11 is 0. The SMILES string of the molecule is CC[C@@H]1C2C[C@H](O)CCC2(C)[C@H]2CCC3(C)[C@@H]([C@H](C)CCNS(=O)(=O)CCC(=O)O)CC[C@H]3[C@H]2[C@@H]1O. The predicted molar refractivity (Wildman–Crippen MR) is 140 cm³/mol. The van der Waals surface area contributed by atoms with E-state index in [0.29, 0.717) is 42.1 Å². The van der Waals surface area contributed by atoms with Crippen LogP contribution in [0.2, 0.25) is 0 Å². The van der Waals surface area contributed by atoms with Gasteiger partial charge in [-0.1, -0.05) is 34.1 Å². The Balaban J connectivity index is 1.46. The number of hydrogen-bond acceptors (Lipinski definition) is 5. The van der Waals surface area contributed by atoms with Crippen molar-refractivity contribution in [2.24, 2.45) is 52.3 Å².